The van der Waals surface area contributed by atoms with E-state index in [4.69, 9.17) is 10.00 Å². The molecule has 0 aliphatic heterocycles. The molecule has 0 bridgehead atoms. The largest absolute Gasteiger partial charge is 0.381 e. The van der Waals surface area contributed by atoms with E-state index in [9.17, 15) is 0 Å². The van der Waals surface area contributed by atoms with E-state index in [0.29, 0.717) is 12.5 Å². The van der Waals surface area contributed by atoms with Gasteiger partial charge in [-0.2, -0.15) is 5.26 Å². The Balaban J connectivity index is 3.74. The summed E-state index contributed by atoms with van der Waals surface area (Å²) in [5.74, 6) is 0.557. The zero-order valence-corrected chi connectivity index (χ0v) is 10.5. The zero-order valence-electron chi connectivity index (χ0n) is 10.5. The smallest absolute Gasteiger partial charge is 0.106 e. The van der Waals surface area contributed by atoms with Crippen LogP contribution in [0.4, 0.5) is 0 Å². The van der Waals surface area contributed by atoms with Crippen molar-refractivity contribution in [2.75, 3.05) is 19.8 Å². The van der Waals surface area contributed by atoms with E-state index in [-0.39, 0.29) is 0 Å². The van der Waals surface area contributed by atoms with Crippen molar-refractivity contribution in [1.82, 2.24) is 5.32 Å². The van der Waals surface area contributed by atoms with Crippen LogP contribution in [0.3, 0.4) is 0 Å². The fraction of sp³-hybridized carbons (Fsp3) is 0.917. The first-order chi connectivity index (χ1) is 7.04. The Hall–Kier alpha value is -0.590. The minimum atomic E-state index is -0.438. The molecule has 1 atom stereocenters. The summed E-state index contributed by atoms with van der Waals surface area (Å²) in [6.07, 6.45) is 1.79. The molecule has 0 spiro atoms. The molecule has 0 amide bonds. The zero-order chi connectivity index (χ0) is 11.7. The van der Waals surface area contributed by atoms with Crippen molar-refractivity contribution in [1.29, 1.82) is 5.26 Å². The first-order valence-electron chi connectivity index (χ1n) is 5.78. The molecule has 3 heteroatoms. The fourth-order valence-electron chi connectivity index (χ4n) is 1.18. The van der Waals surface area contributed by atoms with E-state index >= 15 is 0 Å². The lowest BCUT2D eigenvalue weighted by Crippen LogP contribution is -2.42. The second kappa shape index (κ2) is 7.67. The Bertz CT molecular complexity index is 198. The molecular weight excluding hydrogens is 188 g/mol. The number of ether oxygens (including phenoxy) is 1. The van der Waals surface area contributed by atoms with Crippen LogP contribution in [-0.2, 0) is 4.74 Å². The van der Waals surface area contributed by atoms with Gasteiger partial charge in [0.05, 0.1) is 6.07 Å². The summed E-state index contributed by atoms with van der Waals surface area (Å²) >= 11 is 0. The highest BCUT2D eigenvalue weighted by molar-refractivity contribution is 5.03. The van der Waals surface area contributed by atoms with Crippen LogP contribution in [-0.4, -0.2) is 25.3 Å². The highest BCUT2D eigenvalue weighted by Gasteiger charge is 2.21. The molecule has 3 nitrogen and oxygen atoms in total. The first kappa shape index (κ1) is 14.4. The van der Waals surface area contributed by atoms with E-state index in [1.807, 2.05) is 6.92 Å². The van der Waals surface area contributed by atoms with Gasteiger partial charge < -0.3 is 4.74 Å². The maximum atomic E-state index is 9.05. The number of nitrogens with one attached hydrogen (secondary N) is 1. The lowest BCUT2D eigenvalue weighted by molar-refractivity contribution is 0.0966. The van der Waals surface area contributed by atoms with Crippen LogP contribution in [0, 0.1) is 17.2 Å². The standard InChI is InChI=1S/C12H24N2O/c1-5-7-14-12(4,10-13)6-8-15-9-11(2)3/h11,14H,5-9H2,1-4H3. The maximum Gasteiger partial charge on any atom is 0.106 e. The highest BCUT2D eigenvalue weighted by atomic mass is 16.5. The molecule has 0 aromatic heterocycles. The van der Waals surface area contributed by atoms with Crippen molar-refractivity contribution in [3.63, 3.8) is 0 Å². The van der Waals surface area contributed by atoms with Gasteiger partial charge in [0.2, 0.25) is 0 Å². The third-order valence-electron chi connectivity index (χ3n) is 2.21. The number of rotatable bonds is 8. The van der Waals surface area contributed by atoms with Gasteiger partial charge in [-0.15, -0.1) is 0 Å². The van der Waals surface area contributed by atoms with Crippen molar-refractivity contribution in [2.45, 2.75) is 46.1 Å². The molecule has 1 unspecified atom stereocenters. The van der Waals surface area contributed by atoms with Crippen molar-refractivity contribution in [3.05, 3.63) is 0 Å². The van der Waals surface area contributed by atoms with Gasteiger partial charge in [-0.1, -0.05) is 20.8 Å². The number of hydrogen-bond donors (Lipinski definition) is 1. The molecule has 1 N–H and O–H groups in total. The molecule has 15 heavy (non-hydrogen) atoms. The van der Waals surface area contributed by atoms with Gasteiger partial charge in [-0.25, -0.2) is 0 Å². The maximum absolute atomic E-state index is 9.05. The van der Waals surface area contributed by atoms with Gasteiger partial charge in [0.25, 0.3) is 0 Å². The van der Waals surface area contributed by atoms with Crippen molar-refractivity contribution in [2.24, 2.45) is 5.92 Å². The van der Waals surface area contributed by atoms with Gasteiger partial charge in [0.1, 0.15) is 5.54 Å². The second-order valence-corrected chi connectivity index (χ2v) is 4.59. The Morgan fingerprint density at radius 1 is 1.47 bits per heavy atom. The molecule has 0 fully saturated rings. The molecule has 88 valence electrons. The van der Waals surface area contributed by atoms with Crippen molar-refractivity contribution >= 4 is 0 Å². The SMILES string of the molecule is CCCNC(C)(C#N)CCOCC(C)C. The lowest BCUT2D eigenvalue weighted by atomic mass is 10.0. The van der Waals surface area contributed by atoms with Crippen LogP contribution in [0.25, 0.3) is 0 Å². The van der Waals surface area contributed by atoms with Crippen LogP contribution in [0.5, 0.6) is 0 Å². The molecule has 0 aliphatic carbocycles. The van der Waals surface area contributed by atoms with E-state index in [1.165, 1.54) is 0 Å². The minimum absolute atomic E-state index is 0.438. The van der Waals surface area contributed by atoms with Crippen LogP contribution in [0.2, 0.25) is 0 Å². The Morgan fingerprint density at radius 3 is 2.60 bits per heavy atom. The molecule has 0 aliphatic rings. The average Bonchev–Trinajstić information content (AvgIpc) is 2.21. The van der Waals surface area contributed by atoms with Gasteiger partial charge >= 0.3 is 0 Å². The summed E-state index contributed by atoms with van der Waals surface area (Å²) in [5.41, 5.74) is -0.438. The topological polar surface area (TPSA) is 45.0 Å². The molecule has 0 radical (unpaired) electrons. The Kier molecular flexibility index (Phi) is 7.37. The summed E-state index contributed by atoms with van der Waals surface area (Å²) in [6, 6.07) is 2.31. The van der Waals surface area contributed by atoms with E-state index in [0.717, 1.165) is 26.0 Å². The van der Waals surface area contributed by atoms with Crippen molar-refractivity contribution in [3.8, 4) is 6.07 Å². The van der Waals surface area contributed by atoms with Crippen LogP contribution >= 0.6 is 0 Å². The second-order valence-electron chi connectivity index (χ2n) is 4.59. The summed E-state index contributed by atoms with van der Waals surface area (Å²) in [5, 5.41) is 12.3. The molecule has 0 aromatic rings. The average molecular weight is 212 g/mol. The molecule has 0 rings (SSSR count). The van der Waals surface area contributed by atoms with Gasteiger partial charge in [0.15, 0.2) is 0 Å². The highest BCUT2D eigenvalue weighted by Crippen LogP contribution is 2.08. The predicted molar refractivity (Wildman–Crippen MR) is 62.6 cm³/mol. The van der Waals surface area contributed by atoms with E-state index in [2.05, 4.69) is 32.2 Å². The van der Waals surface area contributed by atoms with Gasteiger partial charge in [0, 0.05) is 19.6 Å². The quantitative estimate of drug-likeness (QED) is 0.628. The number of nitrogens with zero attached hydrogens (tertiary/aromatic N) is 1. The fourth-order valence-corrected chi connectivity index (χ4v) is 1.18. The third-order valence-corrected chi connectivity index (χ3v) is 2.21. The van der Waals surface area contributed by atoms with Gasteiger partial charge in [-0.05, 0) is 25.8 Å². The Morgan fingerprint density at radius 2 is 2.13 bits per heavy atom. The minimum Gasteiger partial charge on any atom is -0.381 e. The van der Waals surface area contributed by atoms with Crippen molar-refractivity contribution < 1.29 is 4.74 Å². The molecule has 0 saturated carbocycles. The third kappa shape index (κ3) is 7.35. The normalized spacial score (nSPS) is 14.9. The summed E-state index contributed by atoms with van der Waals surface area (Å²) < 4.78 is 5.48. The summed E-state index contributed by atoms with van der Waals surface area (Å²) in [6.45, 7) is 10.6. The molecule has 0 saturated heterocycles. The van der Waals surface area contributed by atoms with E-state index in [1.54, 1.807) is 0 Å². The Labute approximate surface area is 93.8 Å². The predicted octanol–water partition coefficient (Wildman–Crippen LogP) is 2.33. The van der Waals surface area contributed by atoms with Crippen LogP contribution in [0.1, 0.15) is 40.5 Å². The molecule has 0 aromatic carbocycles. The number of hydrogen-bond acceptors (Lipinski definition) is 3. The van der Waals surface area contributed by atoms with E-state index < -0.39 is 5.54 Å². The molecule has 0 heterocycles. The summed E-state index contributed by atoms with van der Waals surface area (Å²) in [7, 11) is 0. The monoisotopic (exact) mass is 212 g/mol. The lowest BCUT2D eigenvalue weighted by Gasteiger charge is -2.23. The number of nitriles is 1. The van der Waals surface area contributed by atoms with Crippen LogP contribution < -0.4 is 5.32 Å². The first-order valence-corrected chi connectivity index (χ1v) is 5.78. The summed E-state index contributed by atoms with van der Waals surface area (Å²) in [4.78, 5) is 0. The van der Waals surface area contributed by atoms with Gasteiger partial charge in [-0.3, -0.25) is 5.32 Å². The molecular formula is C12H24N2O. The van der Waals surface area contributed by atoms with Crippen LogP contribution in [0.15, 0.2) is 0 Å².